The molecule has 58 valence electrons. The van der Waals surface area contributed by atoms with E-state index >= 15 is 0 Å². The molecule has 0 saturated carbocycles. The van der Waals surface area contributed by atoms with Crippen molar-refractivity contribution in [1.82, 2.24) is 24.6 Å². The molecule has 0 spiro atoms. The first-order valence-electron chi connectivity index (χ1n) is 3.33. The molecule has 3 rings (SSSR count). The molecule has 0 atom stereocenters. The first-order chi connectivity index (χ1) is 5.93. The molecule has 0 radical (unpaired) electrons. The van der Waals surface area contributed by atoms with Crippen LogP contribution in [0.15, 0.2) is 18.0 Å². The second-order valence-electron chi connectivity index (χ2n) is 2.32. The molecule has 12 heavy (non-hydrogen) atoms. The largest absolute Gasteiger partial charge is 0.271 e. The van der Waals surface area contributed by atoms with Gasteiger partial charge < -0.3 is 0 Å². The van der Waals surface area contributed by atoms with E-state index in [2.05, 4.69) is 20.2 Å². The van der Waals surface area contributed by atoms with E-state index in [0.717, 1.165) is 10.3 Å². The normalized spacial score (nSPS) is 11.3. The minimum absolute atomic E-state index is 0.617. The minimum atomic E-state index is 0.617. The van der Waals surface area contributed by atoms with Crippen LogP contribution in [-0.2, 0) is 0 Å². The third kappa shape index (κ3) is 0.668. The number of fused-ring (bicyclic) bond motifs is 2. The van der Waals surface area contributed by atoms with Gasteiger partial charge in [-0.15, -0.1) is 21.5 Å². The SMILES string of the molecule is c1nc2cn3cnnc3nc2s1. The summed E-state index contributed by atoms with van der Waals surface area (Å²) in [6.07, 6.45) is 3.48. The molecule has 0 aliphatic rings. The predicted molar refractivity (Wildman–Crippen MR) is 44.0 cm³/mol. The van der Waals surface area contributed by atoms with Crippen LogP contribution in [0.25, 0.3) is 16.1 Å². The van der Waals surface area contributed by atoms with E-state index in [9.17, 15) is 0 Å². The van der Waals surface area contributed by atoms with Gasteiger partial charge in [-0.3, -0.25) is 4.40 Å². The maximum Gasteiger partial charge on any atom is 0.256 e. The average molecular weight is 177 g/mol. The van der Waals surface area contributed by atoms with E-state index in [4.69, 9.17) is 0 Å². The van der Waals surface area contributed by atoms with Crippen molar-refractivity contribution in [3.05, 3.63) is 18.0 Å². The standard InChI is InChI=1S/C6H3N5S/c1-4-5(12-3-7-4)9-6-10-8-2-11(1)6/h1-3H. The zero-order valence-electron chi connectivity index (χ0n) is 5.88. The van der Waals surface area contributed by atoms with Crippen molar-refractivity contribution >= 4 is 27.5 Å². The fourth-order valence-electron chi connectivity index (χ4n) is 1.05. The third-order valence-corrected chi connectivity index (χ3v) is 2.33. The topological polar surface area (TPSA) is 56.0 Å². The van der Waals surface area contributed by atoms with Crippen LogP contribution in [0.5, 0.6) is 0 Å². The molecule has 3 heterocycles. The van der Waals surface area contributed by atoms with Crippen LogP contribution in [0.1, 0.15) is 0 Å². The second-order valence-corrected chi connectivity index (χ2v) is 3.16. The van der Waals surface area contributed by atoms with Gasteiger partial charge in [-0.25, -0.2) is 4.98 Å². The molecule has 6 heteroatoms. The van der Waals surface area contributed by atoms with Gasteiger partial charge >= 0.3 is 0 Å². The Hall–Kier alpha value is -1.56. The molecule has 0 bridgehead atoms. The number of thiazole rings is 1. The lowest BCUT2D eigenvalue weighted by Gasteiger charge is -1.88. The Bertz CT molecular complexity index is 448. The van der Waals surface area contributed by atoms with Crippen LogP contribution in [0.3, 0.4) is 0 Å². The molecule has 5 nitrogen and oxygen atoms in total. The summed E-state index contributed by atoms with van der Waals surface area (Å²) in [6, 6.07) is 0. The zero-order valence-corrected chi connectivity index (χ0v) is 6.69. The van der Waals surface area contributed by atoms with E-state index in [-0.39, 0.29) is 0 Å². The molecule has 0 amide bonds. The maximum absolute atomic E-state index is 4.24. The van der Waals surface area contributed by atoms with Crippen molar-refractivity contribution < 1.29 is 0 Å². The highest BCUT2D eigenvalue weighted by atomic mass is 32.1. The molecular weight excluding hydrogens is 174 g/mol. The van der Waals surface area contributed by atoms with Crippen LogP contribution >= 0.6 is 11.3 Å². The number of rotatable bonds is 0. The molecule has 0 fully saturated rings. The molecule has 0 aromatic carbocycles. The van der Waals surface area contributed by atoms with Gasteiger partial charge in [-0.05, 0) is 0 Å². The number of hydrogen-bond acceptors (Lipinski definition) is 5. The minimum Gasteiger partial charge on any atom is -0.271 e. The lowest BCUT2D eigenvalue weighted by atomic mass is 10.6. The van der Waals surface area contributed by atoms with Crippen LogP contribution in [0, 0.1) is 0 Å². The van der Waals surface area contributed by atoms with Crippen LogP contribution in [-0.4, -0.2) is 24.6 Å². The van der Waals surface area contributed by atoms with Crippen molar-refractivity contribution in [3.63, 3.8) is 0 Å². The summed E-state index contributed by atoms with van der Waals surface area (Å²) in [5.41, 5.74) is 2.65. The van der Waals surface area contributed by atoms with E-state index in [0.29, 0.717) is 5.78 Å². The van der Waals surface area contributed by atoms with Gasteiger partial charge in [0.1, 0.15) is 16.7 Å². The summed E-state index contributed by atoms with van der Waals surface area (Å²) in [7, 11) is 0. The van der Waals surface area contributed by atoms with Crippen molar-refractivity contribution in [2.75, 3.05) is 0 Å². The average Bonchev–Trinajstić information content (AvgIpc) is 2.64. The molecular formula is C6H3N5S. The number of aromatic nitrogens is 5. The van der Waals surface area contributed by atoms with Crippen molar-refractivity contribution in [2.24, 2.45) is 0 Å². The van der Waals surface area contributed by atoms with Crippen LogP contribution < -0.4 is 0 Å². The predicted octanol–water partition coefficient (Wildman–Crippen LogP) is 0.734. The second kappa shape index (κ2) is 1.98. The summed E-state index contributed by atoms with van der Waals surface area (Å²) in [4.78, 5) is 9.27. The van der Waals surface area contributed by atoms with Crippen molar-refractivity contribution in [2.45, 2.75) is 0 Å². The fourth-order valence-corrected chi connectivity index (χ4v) is 1.68. The van der Waals surface area contributed by atoms with Gasteiger partial charge in [-0.1, -0.05) is 0 Å². The first kappa shape index (κ1) is 6.01. The van der Waals surface area contributed by atoms with E-state index in [1.54, 1.807) is 16.2 Å². The molecule has 0 saturated heterocycles. The summed E-state index contributed by atoms with van der Waals surface area (Å²) >= 11 is 1.50. The Labute approximate surface area is 70.7 Å². The van der Waals surface area contributed by atoms with E-state index in [1.807, 2.05) is 6.20 Å². The molecule has 3 aromatic rings. The van der Waals surface area contributed by atoms with Gasteiger partial charge in [0.25, 0.3) is 5.78 Å². The summed E-state index contributed by atoms with van der Waals surface area (Å²) < 4.78 is 1.75. The molecule has 0 aliphatic heterocycles. The smallest absolute Gasteiger partial charge is 0.256 e. The monoisotopic (exact) mass is 177 g/mol. The Balaban J connectivity index is 2.62. The Morgan fingerprint density at radius 1 is 1.42 bits per heavy atom. The summed E-state index contributed by atoms with van der Waals surface area (Å²) in [6.45, 7) is 0. The highest BCUT2D eigenvalue weighted by molar-refractivity contribution is 7.16. The Morgan fingerprint density at radius 2 is 2.42 bits per heavy atom. The third-order valence-electron chi connectivity index (χ3n) is 1.59. The zero-order chi connectivity index (χ0) is 7.97. The molecule has 0 N–H and O–H groups in total. The van der Waals surface area contributed by atoms with Crippen molar-refractivity contribution in [1.29, 1.82) is 0 Å². The Morgan fingerprint density at radius 3 is 3.42 bits per heavy atom. The quantitative estimate of drug-likeness (QED) is 0.508. The highest BCUT2D eigenvalue weighted by Crippen LogP contribution is 2.14. The van der Waals surface area contributed by atoms with Gasteiger partial charge in [0.15, 0.2) is 0 Å². The van der Waals surface area contributed by atoms with Crippen molar-refractivity contribution in [3.8, 4) is 0 Å². The Kier molecular flexibility index (Phi) is 0.991. The van der Waals surface area contributed by atoms with Gasteiger partial charge in [0, 0.05) is 6.20 Å². The van der Waals surface area contributed by atoms with Gasteiger partial charge in [-0.2, -0.15) is 4.98 Å². The summed E-state index contributed by atoms with van der Waals surface area (Å²) in [5, 5.41) is 7.56. The molecule has 0 unspecified atom stereocenters. The lowest BCUT2D eigenvalue weighted by molar-refractivity contribution is 1.10. The maximum atomic E-state index is 4.24. The highest BCUT2D eigenvalue weighted by Gasteiger charge is 2.01. The van der Waals surface area contributed by atoms with Crippen LogP contribution in [0.2, 0.25) is 0 Å². The first-order valence-corrected chi connectivity index (χ1v) is 4.21. The number of nitrogens with zero attached hydrogens (tertiary/aromatic N) is 5. The summed E-state index contributed by atoms with van der Waals surface area (Å²) in [5.74, 6) is 0.617. The number of hydrogen-bond donors (Lipinski definition) is 0. The van der Waals surface area contributed by atoms with Gasteiger partial charge in [0.2, 0.25) is 0 Å². The van der Waals surface area contributed by atoms with E-state index in [1.165, 1.54) is 11.3 Å². The fraction of sp³-hybridized carbons (Fsp3) is 0. The molecule has 0 aliphatic carbocycles. The molecule has 3 aromatic heterocycles. The van der Waals surface area contributed by atoms with E-state index < -0.39 is 0 Å². The lowest BCUT2D eigenvalue weighted by Crippen LogP contribution is -1.86. The van der Waals surface area contributed by atoms with Gasteiger partial charge in [0.05, 0.1) is 5.51 Å². The van der Waals surface area contributed by atoms with Crippen LogP contribution in [0.4, 0.5) is 0 Å².